The summed E-state index contributed by atoms with van der Waals surface area (Å²) in [5, 5.41) is 3.56. The van der Waals surface area contributed by atoms with Crippen LogP contribution in [0.1, 0.15) is 0 Å². The fourth-order valence-electron chi connectivity index (χ4n) is 7.99. The highest BCUT2D eigenvalue weighted by atomic mass is 32.1. The van der Waals surface area contributed by atoms with Crippen LogP contribution in [0.2, 0.25) is 0 Å². The number of hydrogen-bond acceptors (Lipinski definition) is 4. The number of thiophene rings is 1. The number of rotatable bonds is 6. The zero-order valence-electron chi connectivity index (χ0n) is 30.2. The monoisotopic (exact) mass is 732 g/mol. The Bertz CT molecular complexity index is 3130. The molecule has 56 heavy (non-hydrogen) atoms. The summed E-state index contributed by atoms with van der Waals surface area (Å²) in [5.41, 5.74) is 13.3. The first-order chi connectivity index (χ1) is 27.8. The lowest BCUT2D eigenvalue weighted by Crippen LogP contribution is -2.01. The number of aromatic nitrogens is 4. The quantitative estimate of drug-likeness (QED) is 0.171. The molecule has 0 radical (unpaired) electrons. The highest BCUT2D eigenvalue weighted by molar-refractivity contribution is 7.26. The predicted molar refractivity (Wildman–Crippen MR) is 234 cm³/mol. The Balaban J connectivity index is 1.22. The van der Waals surface area contributed by atoms with Crippen molar-refractivity contribution in [2.75, 3.05) is 0 Å². The van der Waals surface area contributed by atoms with Crippen LogP contribution >= 0.6 is 11.3 Å². The predicted octanol–water partition coefficient (Wildman–Crippen LogP) is 13.7. The second-order valence-electron chi connectivity index (χ2n) is 14.0. The van der Waals surface area contributed by atoms with Gasteiger partial charge in [0, 0.05) is 43.1 Å². The highest BCUT2D eigenvalue weighted by Crippen LogP contribution is 2.42. The van der Waals surface area contributed by atoms with E-state index < -0.39 is 0 Å². The second kappa shape index (κ2) is 13.3. The summed E-state index contributed by atoms with van der Waals surface area (Å²) >= 11 is 1.75. The Labute approximate surface area is 327 Å². The van der Waals surface area contributed by atoms with Crippen LogP contribution in [-0.2, 0) is 0 Å². The zero-order valence-corrected chi connectivity index (χ0v) is 31.0. The standard InChI is InChI=1S/C51H32N4S/c1-4-16-33(17-5-1)37-31-42(34-18-6-2-7-19-34)52-43(32-37)41-30-36(28-29-46(41)55-44-25-13-10-22-38(44)39-23-11-14-26-45(39)55)51-53-48(35-20-8-3-9-21-35)50-49(54-51)40-24-12-15-27-47(40)56-50/h1-32H. The van der Waals surface area contributed by atoms with E-state index in [1.165, 1.54) is 15.5 Å². The molecule has 0 spiro atoms. The highest BCUT2D eigenvalue weighted by Gasteiger charge is 2.21. The molecule has 4 nitrogen and oxygen atoms in total. The molecule has 0 saturated heterocycles. The molecule has 4 aromatic heterocycles. The summed E-state index contributed by atoms with van der Waals surface area (Å²) in [5.74, 6) is 0.678. The van der Waals surface area contributed by atoms with Crippen LogP contribution in [0.4, 0.5) is 0 Å². The average Bonchev–Trinajstić information content (AvgIpc) is 3.82. The molecule has 0 fully saturated rings. The number of hydrogen-bond donors (Lipinski definition) is 0. The molecule has 0 unspecified atom stereocenters. The Morgan fingerprint density at radius 1 is 0.393 bits per heavy atom. The molecule has 262 valence electrons. The van der Waals surface area contributed by atoms with E-state index in [0.29, 0.717) is 5.82 Å². The number of fused-ring (bicyclic) bond motifs is 6. The third-order valence-electron chi connectivity index (χ3n) is 10.6. The zero-order chi connectivity index (χ0) is 37.0. The molecule has 0 aliphatic carbocycles. The molecular formula is C51H32N4S. The Kier molecular flexibility index (Phi) is 7.64. The maximum atomic E-state index is 5.46. The van der Waals surface area contributed by atoms with Gasteiger partial charge in [0.15, 0.2) is 5.82 Å². The van der Waals surface area contributed by atoms with Crippen LogP contribution in [0, 0.1) is 0 Å². The Morgan fingerprint density at radius 2 is 0.964 bits per heavy atom. The van der Waals surface area contributed by atoms with Gasteiger partial charge < -0.3 is 4.57 Å². The van der Waals surface area contributed by atoms with Crippen molar-refractivity contribution < 1.29 is 0 Å². The molecule has 11 rings (SSSR count). The Morgan fingerprint density at radius 3 is 1.66 bits per heavy atom. The van der Waals surface area contributed by atoms with Gasteiger partial charge in [-0.05, 0) is 59.7 Å². The van der Waals surface area contributed by atoms with E-state index in [2.05, 4.69) is 187 Å². The molecule has 0 atom stereocenters. The van der Waals surface area contributed by atoms with Crippen molar-refractivity contribution in [2.24, 2.45) is 0 Å². The molecule has 11 aromatic rings. The van der Waals surface area contributed by atoms with Gasteiger partial charge in [0.05, 0.1) is 44.0 Å². The smallest absolute Gasteiger partial charge is 0.160 e. The van der Waals surface area contributed by atoms with Gasteiger partial charge in [-0.15, -0.1) is 11.3 Å². The van der Waals surface area contributed by atoms with Gasteiger partial charge in [-0.3, -0.25) is 0 Å². The molecule has 4 heterocycles. The Hall–Kier alpha value is -7.21. The second-order valence-corrected chi connectivity index (χ2v) is 15.0. The molecular weight excluding hydrogens is 701 g/mol. The summed E-state index contributed by atoms with van der Waals surface area (Å²) in [6.45, 7) is 0. The van der Waals surface area contributed by atoms with Crippen LogP contribution in [0.25, 0.3) is 104 Å². The molecule has 0 saturated carbocycles. The average molecular weight is 733 g/mol. The molecule has 0 aliphatic rings. The van der Waals surface area contributed by atoms with Crippen molar-refractivity contribution in [1.82, 2.24) is 19.5 Å². The minimum Gasteiger partial charge on any atom is -0.309 e. The van der Waals surface area contributed by atoms with Crippen LogP contribution in [0.3, 0.4) is 0 Å². The normalized spacial score (nSPS) is 11.6. The fourth-order valence-corrected chi connectivity index (χ4v) is 9.15. The maximum Gasteiger partial charge on any atom is 0.160 e. The van der Waals surface area contributed by atoms with E-state index in [9.17, 15) is 0 Å². The van der Waals surface area contributed by atoms with E-state index in [-0.39, 0.29) is 0 Å². The maximum absolute atomic E-state index is 5.46. The van der Waals surface area contributed by atoms with Crippen LogP contribution in [-0.4, -0.2) is 19.5 Å². The largest absolute Gasteiger partial charge is 0.309 e. The molecule has 0 aliphatic heterocycles. The van der Waals surface area contributed by atoms with Crippen molar-refractivity contribution in [2.45, 2.75) is 0 Å². The number of benzene rings is 7. The first-order valence-corrected chi connectivity index (χ1v) is 19.6. The van der Waals surface area contributed by atoms with Crippen molar-refractivity contribution in [3.05, 3.63) is 194 Å². The lowest BCUT2D eigenvalue weighted by Gasteiger charge is -2.17. The molecule has 0 bridgehead atoms. The van der Waals surface area contributed by atoms with Gasteiger partial charge >= 0.3 is 0 Å². The van der Waals surface area contributed by atoms with Crippen molar-refractivity contribution in [3.63, 3.8) is 0 Å². The van der Waals surface area contributed by atoms with Crippen LogP contribution in [0.15, 0.2) is 194 Å². The van der Waals surface area contributed by atoms with Gasteiger partial charge in [-0.2, -0.15) is 0 Å². The summed E-state index contributed by atoms with van der Waals surface area (Å²) < 4.78 is 4.67. The number of nitrogens with zero attached hydrogens (tertiary/aromatic N) is 4. The molecule has 0 amide bonds. The topological polar surface area (TPSA) is 43.6 Å². The van der Waals surface area contributed by atoms with Gasteiger partial charge in [-0.1, -0.05) is 146 Å². The van der Waals surface area contributed by atoms with Crippen LogP contribution in [0.5, 0.6) is 0 Å². The molecule has 7 aromatic carbocycles. The van der Waals surface area contributed by atoms with E-state index >= 15 is 0 Å². The van der Waals surface area contributed by atoms with E-state index in [1.807, 2.05) is 12.1 Å². The summed E-state index contributed by atoms with van der Waals surface area (Å²) in [4.78, 5) is 16.2. The number of para-hydroxylation sites is 2. The molecule has 0 N–H and O–H groups in total. The lowest BCUT2D eigenvalue weighted by atomic mass is 9.98. The minimum absolute atomic E-state index is 0.678. The number of pyridine rings is 1. The fraction of sp³-hybridized carbons (Fsp3) is 0. The summed E-state index contributed by atoms with van der Waals surface area (Å²) in [6.07, 6.45) is 0. The SMILES string of the molecule is c1ccc(-c2cc(-c3ccccc3)nc(-c3cc(-c4nc(-c5ccccc5)c5sc6ccccc6c5n4)ccc3-n3c4ccccc4c4ccccc43)c2)cc1. The first kappa shape index (κ1) is 32.2. The van der Waals surface area contributed by atoms with Gasteiger partial charge in [0.1, 0.15) is 0 Å². The summed E-state index contributed by atoms with van der Waals surface area (Å²) in [7, 11) is 0. The lowest BCUT2D eigenvalue weighted by molar-refractivity contribution is 1.17. The van der Waals surface area contributed by atoms with Crippen LogP contribution < -0.4 is 0 Å². The van der Waals surface area contributed by atoms with Gasteiger partial charge in [-0.25, -0.2) is 15.0 Å². The van der Waals surface area contributed by atoms with Gasteiger partial charge in [0.2, 0.25) is 0 Å². The van der Waals surface area contributed by atoms with Gasteiger partial charge in [0.25, 0.3) is 0 Å². The van der Waals surface area contributed by atoms with Crippen molar-refractivity contribution in [3.8, 4) is 62.0 Å². The van der Waals surface area contributed by atoms with E-state index in [4.69, 9.17) is 15.0 Å². The van der Waals surface area contributed by atoms with Crippen molar-refractivity contribution in [1.29, 1.82) is 0 Å². The van der Waals surface area contributed by atoms with E-state index in [1.54, 1.807) is 11.3 Å². The third-order valence-corrected chi connectivity index (χ3v) is 11.8. The first-order valence-electron chi connectivity index (χ1n) is 18.8. The van der Waals surface area contributed by atoms with Crippen molar-refractivity contribution >= 4 is 53.4 Å². The third kappa shape index (κ3) is 5.40. The summed E-state index contributed by atoms with van der Waals surface area (Å²) in [6, 6.07) is 68.4. The molecule has 5 heteroatoms. The van der Waals surface area contributed by atoms with E-state index in [0.717, 1.165) is 82.8 Å². The minimum atomic E-state index is 0.678.